The molecular formula is C23H21FN4O. The SMILES string of the molecule is Cc1cc(-c2ncccc2-c2ccc3ncc(N4CCOCC4)n3c2)ccc1F. The second kappa shape index (κ2) is 7.29. The first-order valence-corrected chi connectivity index (χ1v) is 9.72. The Hall–Kier alpha value is -3.25. The van der Waals surface area contributed by atoms with E-state index in [-0.39, 0.29) is 5.82 Å². The summed E-state index contributed by atoms with van der Waals surface area (Å²) < 4.78 is 21.4. The number of fused-ring (bicyclic) bond motifs is 1. The topological polar surface area (TPSA) is 42.7 Å². The Morgan fingerprint density at radius 3 is 2.66 bits per heavy atom. The fourth-order valence-electron chi connectivity index (χ4n) is 3.81. The lowest BCUT2D eigenvalue weighted by Crippen LogP contribution is -2.36. The standard InChI is InChI=1S/C23H21FN4O/c1-16-13-17(4-6-20(16)24)23-19(3-2-8-25-23)18-5-7-21-26-14-22(28(21)15-18)27-9-11-29-12-10-27/h2-8,13-15H,9-12H2,1H3. The maximum Gasteiger partial charge on any atom is 0.138 e. The Labute approximate surface area is 168 Å². The quantitative estimate of drug-likeness (QED) is 0.523. The number of anilines is 1. The van der Waals surface area contributed by atoms with Gasteiger partial charge in [-0.2, -0.15) is 0 Å². The highest BCUT2D eigenvalue weighted by molar-refractivity contribution is 5.81. The van der Waals surface area contributed by atoms with Gasteiger partial charge >= 0.3 is 0 Å². The Morgan fingerprint density at radius 1 is 1.00 bits per heavy atom. The maximum atomic E-state index is 13.8. The van der Waals surface area contributed by atoms with Gasteiger partial charge in [0.2, 0.25) is 0 Å². The van der Waals surface area contributed by atoms with Gasteiger partial charge in [-0.15, -0.1) is 0 Å². The number of imidazole rings is 1. The third-order valence-electron chi connectivity index (χ3n) is 5.37. The minimum Gasteiger partial charge on any atom is -0.378 e. The van der Waals surface area contributed by atoms with Gasteiger partial charge in [0.25, 0.3) is 0 Å². The van der Waals surface area contributed by atoms with Crippen LogP contribution in [0.1, 0.15) is 5.56 Å². The fraction of sp³-hybridized carbons (Fsp3) is 0.217. The lowest BCUT2D eigenvalue weighted by atomic mass is 9.99. The van der Waals surface area contributed by atoms with Crippen molar-refractivity contribution < 1.29 is 9.13 Å². The molecule has 0 unspecified atom stereocenters. The van der Waals surface area contributed by atoms with Crippen molar-refractivity contribution in [3.63, 3.8) is 0 Å². The van der Waals surface area contributed by atoms with Gasteiger partial charge in [0.05, 0.1) is 25.1 Å². The number of morpholine rings is 1. The first kappa shape index (κ1) is 17.8. The van der Waals surface area contributed by atoms with E-state index >= 15 is 0 Å². The lowest BCUT2D eigenvalue weighted by Gasteiger charge is -2.28. The van der Waals surface area contributed by atoms with Gasteiger partial charge in [-0.3, -0.25) is 9.38 Å². The van der Waals surface area contributed by atoms with Crippen molar-refractivity contribution in [2.45, 2.75) is 6.92 Å². The zero-order valence-electron chi connectivity index (χ0n) is 16.2. The summed E-state index contributed by atoms with van der Waals surface area (Å²) in [6.07, 6.45) is 5.79. The van der Waals surface area contributed by atoms with Crippen molar-refractivity contribution >= 4 is 11.5 Å². The van der Waals surface area contributed by atoms with E-state index in [1.165, 1.54) is 6.07 Å². The molecule has 0 aliphatic carbocycles. The molecule has 1 aliphatic rings. The molecule has 5 nitrogen and oxygen atoms in total. The molecule has 6 heteroatoms. The average molecular weight is 388 g/mol. The molecule has 1 aliphatic heterocycles. The van der Waals surface area contributed by atoms with Gasteiger partial charge in [0, 0.05) is 42.2 Å². The third-order valence-corrected chi connectivity index (χ3v) is 5.37. The second-order valence-electron chi connectivity index (χ2n) is 7.23. The molecular weight excluding hydrogens is 367 g/mol. The van der Waals surface area contributed by atoms with E-state index in [1.807, 2.05) is 30.5 Å². The number of hydrogen-bond acceptors (Lipinski definition) is 4. The molecule has 5 rings (SSSR count). The maximum absolute atomic E-state index is 13.8. The largest absolute Gasteiger partial charge is 0.378 e. The molecule has 1 aromatic carbocycles. The summed E-state index contributed by atoms with van der Waals surface area (Å²) in [6, 6.07) is 13.2. The van der Waals surface area contributed by atoms with Crippen LogP contribution in [-0.4, -0.2) is 40.7 Å². The summed E-state index contributed by atoms with van der Waals surface area (Å²) in [5, 5.41) is 0. The van der Waals surface area contributed by atoms with Crippen LogP contribution in [0.5, 0.6) is 0 Å². The Balaban J connectivity index is 1.62. The normalized spacial score (nSPS) is 14.5. The molecule has 0 spiro atoms. The fourth-order valence-corrected chi connectivity index (χ4v) is 3.81. The van der Waals surface area contributed by atoms with Crippen molar-refractivity contribution in [2.75, 3.05) is 31.2 Å². The van der Waals surface area contributed by atoms with Crippen molar-refractivity contribution in [1.29, 1.82) is 0 Å². The molecule has 1 saturated heterocycles. The van der Waals surface area contributed by atoms with Gasteiger partial charge in [-0.25, -0.2) is 9.37 Å². The number of ether oxygens (including phenoxy) is 1. The molecule has 0 saturated carbocycles. The molecule has 3 aromatic heterocycles. The first-order valence-electron chi connectivity index (χ1n) is 9.72. The summed E-state index contributed by atoms with van der Waals surface area (Å²) in [7, 11) is 0. The molecule has 29 heavy (non-hydrogen) atoms. The highest BCUT2D eigenvalue weighted by Gasteiger charge is 2.17. The van der Waals surface area contributed by atoms with E-state index in [2.05, 4.69) is 31.5 Å². The summed E-state index contributed by atoms with van der Waals surface area (Å²) >= 11 is 0. The summed E-state index contributed by atoms with van der Waals surface area (Å²) in [5.74, 6) is 0.856. The van der Waals surface area contributed by atoms with Crippen LogP contribution >= 0.6 is 0 Å². The first-order chi connectivity index (χ1) is 14.2. The second-order valence-corrected chi connectivity index (χ2v) is 7.23. The Kier molecular flexibility index (Phi) is 4.48. The van der Waals surface area contributed by atoms with Crippen LogP contribution < -0.4 is 4.90 Å². The summed E-state index contributed by atoms with van der Waals surface area (Å²) in [5.41, 5.74) is 5.29. The number of halogens is 1. The molecule has 0 amide bonds. The molecule has 0 N–H and O–H groups in total. The zero-order valence-corrected chi connectivity index (χ0v) is 16.2. The number of benzene rings is 1. The predicted molar refractivity (Wildman–Crippen MR) is 112 cm³/mol. The highest BCUT2D eigenvalue weighted by atomic mass is 19.1. The number of rotatable bonds is 3. The molecule has 146 valence electrons. The Bertz CT molecular complexity index is 1180. The Morgan fingerprint density at radius 2 is 1.83 bits per heavy atom. The van der Waals surface area contributed by atoms with Crippen molar-refractivity contribution in [3.05, 3.63) is 72.4 Å². The van der Waals surface area contributed by atoms with E-state index in [0.717, 1.165) is 60.2 Å². The van der Waals surface area contributed by atoms with Crippen LogP contribution in [0.15, 0.2) is 61.1 Å². The van der Waals surface area contributed by atoms with Crippen molar-refractivity contribution in [1.82, 2.24) is 14.4 Å². The molecule has 0 radical (unpaired) electrons. The minimum atomic E-state index is -0.207. The number of pyridine rings is 2. The van der Waals surface area contributed by atoms with Crippen molar-refractivity contribution in [3.8, 4) is 22.4 Å². The van der Waals surface area contributed by atoms with Crippen LogP contribution in [0.25, 0.3) is 28.0 Å². The smallest absolute Gasteiger partial charge is 0.138 e. The summed E-state index contributed by atoms with van der Waals surface area (Å²) in [4.78, 5) is 11.4. The highest BCUT2D eigenvalue weighted by Crippen LogP contribution is 2.32. The van der Waals surface area contributed by atoms with Gasteiger partial charge < -0.3 is 9.64 Å². The number of nitrogens with zero attached hydrogens (tertiary/aromatic N) is 4. The number of hydrogen-bond donors (Lipinski definition) is 0. The van der Waals surface area contributed by atoms with Crippen molar-refractivity contribution in [2.24, 2.45) is 0 Å². The van der Waals surface area contributed by atoms with Crippen LogP contribution in [0.4, 0.5) is 10.2 Å². The predicted octanol–water partition coefficient (Wildman–Crippen LogP) is 4.35. The molecule has 4 heterocycles. The van der Waals surface area contributed by atoms with E-state index in [4.69, 9.17) is 4.74 Å². The van der Waals surface area contributed by atoms with E-state index in [9.17, 15) is 4.39 Å². The number of aromatic nitrogens is 3. The van der Waals surface area contributed by atoms with Crippen LogP contribution in [0.2, 0.25) is 0 Å². The van der Waals surface area contributed by atoms with E-state index in [1.54, 1.807) is 19.2 Å². The van der Waals surface area contributed by atoms with Gasteiger partial charge in [-0.1, -0.05) is 6.07 Å². The number of aryl methyl sites for hydroxylation is 1. The average Bonchev–Trinajstić information content (AvgIpc) is 3.19. The van der Waals surface area contributed by atoms with E-state index < -0.39 is 0 Å². The molecule has 4 aromatic rings. The molecule has 0 atom stereocenters. The van der Waals surface area contributed by atoms with Crippen LogP contribution in [-0.2, 0) is 4.74 Å². The molecule has 0 bridgehead atoms. The van der Waals surface area contributed by atoms with Crippen LogP contribution in [0, 0.1) is 12.7 Å². The van der Waals surface area contributed by atoms with Gasteiger partial charge in [0.15, 0.2) is 0 Å². The van der Waals surface area contributed by atoms with Gasteiger partial charge in [-0.05, 0) is 48.9 Å². The summed E-state index contributed by atoms with van der Waals surface area (Å²) in [6.45, 7) is 4.93. The van der Waals surface area contributed by atoms with E-state index in [0.29, 0.717) is 5.56 Å². The molecule has 1 fully saturated rings. The third kappa shape index (κ3) is 3.25. The van der Waals surface area contributed by atoms with Gasteiger partial charge in [0.1, 0.15) is 17.3 Å². The minimum absolute atomic E-state index is 0.207. The lowest BCUT2D eigenvalue weighted by molar-refractivity contribution is 0.122. The zero-order chi connectivity index (χ0) is 19.8. The monoisotopic (exact) mass is 388 g/mol. The van der Waals surface area contributed by atoms with Crippen LogP contribution in [0.3, 0.4) is 0 Å².